The second-order valence-corrected chi connectivity index (χ2v) is 8.24. The van der Waals surface area contributed by atoms with Gasteiger partial charge in [-0.05, 0) is 62.1 Å². The van der Waals surface area contributed by atoms with Gasteiger partial charge in [-0.1, -0.05) is 18.2 Å². The molecule has 1 aliphatic heterocycles. The first-order chi connectivity index (χ1) is 12.4. The third-order valence-electron chi connectivity index (χ3n) is 6.54. The molecule has 0 N–H and O–H groups in total. The molecule has 1 aromatic rings. The van der Waals surface area contributed by atoms with Gasteiger partial charge >= 0.3 is 5.97 Å². The van der Waals surface area contributed by atoms with Crippen LogP contribution in [0.2, 0.25) is 0 Å². The predicted molar refractivity (Wildman–Crippen MR) is 94.3 cm³/mol. The summed E-state index contributed by atoms with van der Waals surface area (Å²) in [5.41, 5.74) is 1.01. The van der Waals surface area contributed by atoms with E-state index in [2.05, 4.69) is 12.2 Å². The summed E-state index contributed by atoms with van der Waals surface area (Å²) in [5.74, 6) is -0.728. The number of amides is 2. The highest BCUT2D eigenvalue weighted by atomic mass is 16.5. The van der Waals surface area contributed by atoms with Crippen LogP contribution in [0.15, 0.2) is 36.4 Å². The van der Waals surface area contributed by atoms with Gasteiger partial charge in [0.05, 0.1) is 29.2 Å². The molecule has 5 heteroatoms. The van der Waals surface area contributed by atoms with E-state index >= 15 is 0 Å². The van der Waals surface area contributed by atoms with Crippen LogP contribution in [-0.2, 0) is 14.3 Å². The van der Waals surface area contributed by atoms with Gasteiger partial charge in [-0.25, -0.2) is 9.69 Å². The van der Waals surface area contributed by atoms with E-state index in [0.717, 1.165) is 12.8 Å². The second kappa shape index (κ2) is 5.06. The fourth-order valence-corrected chi connectivity index (χ4v) is 5.39. The first kappa shape index (κ1) is 15.8. The second-order valence-electron chi connectivity index (χ2n) is 8.24. The van der Waals surface area contributed by atoms with Crippen molar-refractivity contribution >= 4 is 23.5 Å². The normalized spacial score (nSPS) is 32.7. The first-order valence-electron chi connectivity index (χ1n) is 9.31. The van der Waals surface area contributed by atoms with Gasteiger partial charge in [0.15, 0.2) is 0 Å². The molecule has 0 radical (unpaired) electrons. The summed E-state index contributed by atoms with van der Waals surface area (Å²) in [6.45, 7) is 3.57. The van der Waals surface area contributed by atoms with Crippen LogP contribution in [0, 0.1) is 29.1 Å². The first-order valence-corrected chi connectivity index (χ1v) is 9.31. The van der Waals surface area contributed by atoms with Crippen LogP contribution in [0.1, 0.15) is 37.0 Å². The predicted octanol–water partition coefficient (Wildman–Crippen LogP) is 2.95. The summed E-state index contributed by atoms with van der Waals surface area (Å²) in [7, 11) is 0. The van der Waals surface area contributed by atoms with E-state index in [4.69, 9.17) is 4.74 Å². The number of hydrogen-bond donors (Lipinski definition) is 0. The Kier molecular flexibility index (Phi) is 3.07. The number of ether oxygens (including phenoxy) is 1. The lowest BCUT2D eigenvalue weighted by atomic mass is 9.85. The number of carbonyl (C=O) groups excluding carboxylic acids is 3. The monoisotopic (exact) mass is 351 g/mol. The highest BCUT2D eigenvalue weighted by molar-refractivity contribution is 6.23. The summed E-state index contributed by atoms with van der Waals surface area (Å²) in [6, 6.07) is 6.63. The molecular weight excluding hydrogens is 330 g/mol. The van der Waals surface area contributed by atoms with Crippen LogP contribution in [0.3, 0.4) is 0 Å². The Bertz CT molecular complexity index is 833. The number of carbonyl (C=O) groups is 3. The molecule has 1 heterocycles. The number of esters is 1. The van der Waals surface area contributed by atoms with Crippen LogP contribution >= 0.6 is 0 Å². The largest absolute Gasteiger partial charge is 0.459 e. The Hall–Kier alpha value is -2.43. The van der Waals surface area contributed by atoms with Crippen LogP contribution in [-0.4, -0.2) is 23.9 Å². The minimum absolute atomic E-state index is 0.113. The number of anilines is 1. The van der Waals surface area contributed by atoms with Gasteiger partial charge in [0.1, 0.15) is 0 Å². The van der Waals surface area contributed by atoms with Crippen molar-refractivity contribution < 1.29 is 19.1 Å². The topological polar surface area (TPSA) is 63.7 Å². The maximum atomic E-state index is 13.1. The van der Waals surface area contributed by atoms with Crippen molar-refractivity contribution in [2.24, 2.45) is 29.1 Å². The zero-order valence-corrected chi connectivity index (χ0v) is 14.8. The van der Waals surface area contributed by atoms with E-state index in [9.17, 15) is 14.4 Å². The van der Waals surface area contributed by atoms with E-state index in [1.807, 2.05) is 0 Å². The molecule has 1 aromatic carbocycles. The summed E-state index contributed by atoms with van der Waals surface area (Å²) in [6.07, 6.45) is 6.34. The molecule has 2 saturated carbocycles. The molecule has 1 saturated heterocycles. The number of nitrogens with zero attached hydrogens (tertiary/aromatic N) is 1. The molecule has 134 valence electrons. The molecule has 3 aliphatic carbocycles. The SMILES string of the molecule is CC(C)OC(=O)c1cccc(N2C(=O)[C@@H]3[C@H](C2=O)[C@H]2C=C[C@H]3C23CC3)c1. The quantitative estimate of drug-likeness (QED) is 0.477. The van der Waals surface area contributed by atoms with Crippen LogP contribution in [0.5, 0.6) is 0 Å². The van der Waals surface area contributed by atoms with Crippen molar-refractivity contribution in [3.8, 4) is 0 Å². The third kappa shape index (κ3) is 1.89. The molecule has 4 aliphatic rings. The van der Waals surface area contributed by atoms with Gasteiger partial charge < -0.3 is 4.74 Å². The standard InChI is InChI=1S/C21H21NO4/c1-11(2)26-20(25)12-4-3-5-13(10-12)22-18(23)16-14-6-7-15(17(16)19(22)24)21(14)8-9-21/h3-7,10-11,14-17H,8-9H2,1-2H3/t14-,15-,16-,17+/m1/s1. The molecule has 5 nitrogen and oxygen atoms in total. The Morgan fingerprint density at radius 2 is 1.73 bits per heavy atom. The average molecular weight is 351 g/mol. The number of imide groups is 1. The number of hydrogen-bond acceptors (Lipinski definition) is 4. The summed E-state index contributed by atoms with van der Waals surface area (Å²) < 4.78 is 5.22. The van der Waals surface area contributed by atoms with Gasteiger partial charge in [0, 0.05) is 0 Å². The van der Waals surface area contributed by atoms with E-state index in [0.29, 0.717) is 11.3 Å². The Morgan fingerprint density at radius 1 is 1.12 bits per heavy atom. The molecule has 5 rings (SSSR count). The van der Waals surface area contributed by atoms with Crippen molar-refractivity contribution in [2.45, 2.75) is 32.8 Å². The maximum Gasteiger partial charge on any atom is 0.338 e. The molecule has 2 amide bonds. The van der Waals surface area contributed by atoms with Crippen molar-refractivity contribution in [2.75, 3.05) is 4.90 Å². The highest BCUT2D eigenvalue weighted by Crippen LogP contribution is 2.73. The minimum atomic E-state index is -0.445. The van der Waals surface area contributed by atoms with Crippen molar-refractivity contribution in [1.29, 1.82) is 0 Å². The maximum absolute atomic E-state index is 13.1. The molecule has 0 unspecified atom stereocenters. The zero-order chi connectivity index (χ0) is 18.2. The zero-order valence-electron chi connectivity index (χ0n) is 14.8. The molecule has 4 atom stereocenters. The fourth-order valence-electron chi connectivity index (χ4n) is 5.39. The van der Waals surface area contributed by atoms with Crippen LogP contribution < -0.4 is 4.90 Å². The highest BCUT2D eigenvalue weighted by Gasteiger charge is 2.73. The van der Waals surface area contributed by atoms with Gasteiger partial charge in [-0.2, -0.15) is 0 Å². The van der Waals surface area contributed by atoms with Crippen molar-refractivity contribution in [1.82, 2.24) is 0 Å². The molecule has 2 bridgehead atoms. The minimum Gasteiger partial charge on any atom is -0.459 e. The van der Waals surface area contributed by atoms with E-state index in [1.165, 1.54) is 4.90 Å². The summed E-state index contributed by atoms with van der Waals surface area (Å²) in [5, 5.41) is 0. The molecule has 1 spiro atoms. The van der Waals surface area contributed by atoms with Crippen molar-refractivity contribution in [3.05, 3.63) is 42.0 Å². The number of rotatable bonds is 3. The fraction of sp³-hybridized carbons (Fsp3) is 0.476. The summed E-state index contributed by atoms with van der Waals surface area (Å²) >= 11 is 0. The van der Waals surface area contributed by atoms with E-state index in [-0.39, 0.29) is 47.0 Å². The molecule has 26 heavy (non-hydrogen) atoms. The van der Waals surface area contributed by atoms with Crippen LogP contribution in [0.25, 0.3) is 0 Å². The lowest BCUT2D eigenvalue weighted by molar-refractivity contribution is -0.123. The third-order valence-corrected chi connectivity index (χ3v) is 6.54. The van der Waals surface area contributed by atoms with Gasteiger partial charge in [0.2, 0.25) is 11.8 Å². The smallest absolute Gasteiger partial charge is 0.338 e. The number of fused-ring (bicyclic) bond motifs is 3. The van der Waals surface area contributed by atoms with Gasteiger partial charge in [-0.15, -0.1) is 0 Å². The number of allylic oxidation sites excluding steroid dienone is 2. The molecular formula is C21H21NO4. The van der Waals surface area contributed by atoms with E-state index in [1.54, 1.807) is 38.1 Å². The Morgan fingerprint density at radius 3 is 2.27 bits per heavy atom. The summed E-state index contributed by atoms with van der Waals surface area (Å²) in [4.78, 5) is 39.7. The molecule has 3 fully saturated rings. The van der Waals surface area contributed by atoms with Crippen molar-refractivity contribution in [3.63, 3.8) is 0 Å². The Labute approximate surface area is 152 Å². The number of benzene rings is 1. The van der Waals surface area contributed by atoms with E-state index < -0.39 is 5.97 Å². The van der Waals surface area contributed by atoms with Gasteiger partial charge in [0.25, 0.3) is 0 Å². The van der Waals surface area contributed by atoms with Crippen LogP contribution in [0.4, 0.5) is 5.69 Å². The lowest BCUT2D eigenvalue weighted by Gasteiger charge is -2.22. The molecule has 0 aromatic heterocycles. The lowest BCUT2D eigenvalue weighted by Crippen LogP contribution is -2.34. The average Bonchev–Trinajstić information content (AvgIpc) is 3.19. The Balaban J connectivity index is 1.47. The van der Waals surface area contributed by atoms with Gasteiger partial charge in [-0.3, -0.25) is 9.59 Å².